The standard InChI is InChI=1S/C17H17ClN2O/c18-14-6-3-4-12(8-14)9-17(21)20-16-11-19-10-13-5-1-2-7-15(13)16/h3-4,6,8,10-11H,1-2,5,7,9H2,(H,20,21). The average molecular weight is 301 g/mol. The molecule has 1 amide bonds. The van der Waals surface area contributed by atoms with Crippen LogP contribution in [0.1, 0.15) is 29.5 Å². The van der Waals surface area contributed by atoms with E-state index >= 15 is 0 Å². The van der Waals surface area contributed by atoms with Gasteiger partial charge in [-0.1, -0.05) is 23.7 Å². The number of aromatic nitrogens is 1. The summed E-state index contributed by atoms with van der Waals surface area (Å²) >= 11 is 5.94. The molecule has 0 radical (unpaired) electrons. The fraction of sp³-hybridized carbons (Fsp3) is 0.294. The lowest BCUT2D eigenvalue weighted by molar-refractivity contribution is -0.115. The van der Waals surface area contributed by atoms with Gasteiger partial charge in [-0.3, -0.25) is 9.78 Å². The van der Waals surface area contributed by atoms with Crippen molar-refractivity contribution in [3.63, 3.8) is 0 Å². The van der Waals surface area contributed by atoms with E-state index in [0.717, 1.165) is 24.1 Å². The number of hydrogen-bond acceptors (Lipinski definition) is 2. The molecule has 0 unspecified atom stereocenters. The van der Waals surface area contributed by atoms with Crippen molar-refractivity contribution in [3.05, 3.63) is 58.4 Å². The third kappa shape index (κ3) is 3.42. The molecule has 0 fully saturated rings. The molecule has 1 heterocycles. The highest BCUT2D eigenvalue weighted by Gasteiger charge is 2.15. The van der Waals surface area contributed by atoms with Crippen molar-refractivity contribution in [2.45, 2.75) is 32.1 Å². The molecular weight excluding hydrogens is 284 g/mol. The van der Waals surface area contributed by atoms with Gasteiger partial charge in [0.05, 0.1) is 18.3 Å². The van der Waals surface area contributed by atoms with Crippen LogP contribution in [0.4, 0.5) is 5.69 Å². The summed E-state index contributed by atoms with van der Waals surface area (Å²) < 4.78 is 0. The maximum atomic E-state index is 12.2. The van der Waals surface area contributed by atoms with Gasteiger partial charge in [0.15, 0.2) is 0 Å². The Morgan fingerprint density at radius 2 is 2.10 bits per heavy atom. The van der Waals surface area contributed by atoms with Crippen LogP contribution >= 0.6 is 11.6 Å². The summed E-state index contributed by atoms with van der Waals surface area (Å²) in [5.41, 5.74) is 4.29. The Morgan fingerprint density at radius 3 is 2.95 bits per heavy atom. The number of nitrogens with one attached hydrogen (secondary N) is 1. The smallest absolute Gasteiger partial charge is 0.228 e. The first-order valence-electron chi connectivity index (χ1n) is 7.22. The molecule has 4 heteroatoms. The second kappa shape index (κ2) is 6.27. The molecule has 21 heavy (non-hydrogen) atoms. The molecular formula is C17H17ClN2O. The van der Waals surface area contributed by atoms with Crippen LogP contribution in [0.25, 0.3) is 0 Å². The number of benzene rings is 1. The SMILES string of the molecule is O=C(Cc1cccc(Cl)c1)Nc1cncc2c1CCCC2. The zero-order valence-electron chi connectivity index (χ0n) is 11.7. The lowest BCUT2D eigenvalue weighted by atomic mass is 9.92. The van der Waals surface area contributed by atoms with E-state index in [1.807, 2.05) is 24.4 Å². The Bertz CT molecular complexity index is 670. The summed E-state index contributed by atoms with van der Waals surface area (Å²) in [5, 5.41) is 3.65. The first-order valence-corrected chi connectivity index (χ1v) is 7.60. The molecule has 1 aromatic carbocycles. The lowest BCUT2D eigenvalue weighted by Gasteiger charge is -2.19. The summed E-state index contributed by atoms with van der Waals surface area (Å²) in [6.45, 7) is 0. The van der Waals surface area contributed by atoms with Crippen LogP contribution < -0.4 is 5.32 Å². The largest absolute Gasteiger partial charge is 0.324 e. The first-order chi connectivity index (χ1) is 10.2. The van der Waals surface area contributed by atoms with Crippen molar-refractivity contribution in [1.82, 2.24) is 4.98 Å². The van der Waals surface area contributed by atoms with Crippen LogP contribution in [0.3, 0.4) is 0 Å². The Balaban J connectivity index is 1.73. The lowest BCUT2D eigenvalue weighted by Crippen LogP contribution is -2.17. The van der Waals surface area contributed by atoms with E-state index < -0.39 is 0 Å². The molecule has 3 nitrogen and oxygen atoms in total. The molecule has 108 valence electrons. The van der Waals surface area contributed by atoms with Crippen molar-refractivity contribution in [3.8, 4) is 0 Å². The van der Waals surface area contributed by atoms with Crippen molar-refractivity contribution in [2.24, 2.45) is 0 Å². The fourth-order valence-corrected chi connectivity index (χ4v) is 3.01. The molecule has 1 aliphatic carbocycles. The minimum Gasteiger partial charge on any atom is -0.324 e. The number of carbonyl (C=O) groups excluding carboxylic acids is 1. The summed E-state index contributed by atoms with van der Waals surface area (Å²) in [5.74, 6) is -0.0296. The second-order valence-electron chi connectivity index (χ2n) is 5.39. The summed E-state index contributed by atoms with van der Waals surface area (Å²) in [7, 11) is 0. The Morgan fingerprint density at radius 1 is 1.24 bits per heavy atom. The highest BCUT2D eigenvalue weighted by atomic mass is 35.5. The number of rotatable bonds is 3. The second-order valence-corrected chi connectivity index (χ2v) is 5.82. The third-order valence-corrected chi connectivity index (χ3v) is 4.03. The first kappa shape index (κ1) is 14.1. The van der Waals surface area contributed by atoms with Crippen LogP contribution in [0.15, 0.2) is 36.7 Å². The number of hydrogen-bond donors (Lipinski definition) is 1. The van der Waals surface area contributed by atoms with E-state index in [1.54, 1.807) is 12.3 Å². The highest BCUT2D eigenvalue weighted by molar-refractivity contribution is 6.30. The van der Waals surface area contributed by atoms with Gasteiger partial charge >= 0.3 is 0 Å². The average Bonchev–Trinajstić information content (AvgIpc) is 2.47. The molecule has 0 bridgehead atoms. The zero-order chi connectivity index (χ0) is 14.7. The zero-order valence-corrected chi connectivity index (χ0v) is 12.5. The predicted molar refractivity (Wildman–Crippen MR) is 84.7 cm³/mol. The molecule has 3 rings (SSSR count). The van der Waals surface area contributed by atoms with Gasteiger partial charge in [0.2, 0.25) is 5.91 Å². The Hall–Kier alpha value is -1.87. The molecule has 1 aromatic heterocycles. The molecule has 2 aromatic rings. The Labute approximate surface area is 129 Å². The minimum absolute atomic E-state index is 0.0296. The van der Waals surface area contributed by atoms with E-state index in [4.69, 9.17) is 11.6 Å². The van der Waals surface area contributed by atoms with E-state index in [1.165, 1.54) is 24.0 Å². The number of nitrogens with zero attached hydrogens (tertiary/aromatic N) is 1. The van der Waals surface area contributed by atoms with Gasteiger partial charge < -0.3 is 5.32 Å². The highest BCUT2D eigenvalue weighted by Crippen LogP contribution is 2.26. The molecule has 1 aliphatic rings. The molecule has 0 saturated carbocycles. The molecule has 0 spiro atoms. The molecule has 0 atom stereocenters. The van der Waals surface area contributed by atoms with Crippen LogP contribution in [0, 0.1) is 0 Å². The van der Waals surface area contributed by atoms with E-state index in [-0.39, 0.29) is 5.91 Å². The molecule has 0 aliphatic heterocycles. The van der Waals surface area contributed by atoms with Gasteiger partial charge in [-0.15, -0.1) is 0 Å². The third-order valence-electron chi connectivity index (χ3n) is 3.80. The van der Waals surface area contributed by atoms with Gasteiger partial charge in [0, 0.05) is 11.2 Å². The van der Waals surface area contributed by atoms with Gasteiger partial charge in [0.1, 0.15) is 0 Å². The van der Waals surface area contributed by atoms with Crippen LogP contribution in [-0.2, 0) is 24.1 Å². The normalized spacial score (nSPS) is 13.6. The predicted octanol–water partition coefficient (Wildman–Crippen LogP) is 3.80. The number of anilines is 1. The van der Waals surface area contributed by atoms with Crippen LogP contribution in [0.2, 0.25) is 5.02 Å². The molecule has 0 saturated heterocycles. The van der Waals surface area contributed by atoms with Crippen LogP contribution in [-0.4, -0.2) is 10.9 Å². The maximum absolute atomic E-state index is 12.2. The number of amides is 1. The van der Waals surface area contributed by atoms with E-state index in [2.05, 4.69) is 10.3 Å². The molecule has 1 N–H and O–H groups in total. The minimum atomic E-state index is -0.0296. The van der Waals surface area contributed by atoms with Crippen molar-refractivity contribution in [1.29, 1.82) is 0 Å². The van der Waals surface area contributed by atoms with Gasteiger partial charge in [-0.2, -0.15) is 0 Å². The number of pyridine rings is 1. The number of fused-ring (bicyclic) bond motifs is 1. The van der Waals surface area contributed by atoms with Crippen LogP contribution in [0.5, 0.6) is 0 Å². The summed E-state index contributed by atoms with van der Waals surface area (Å²) in [4.78, 5) is 16.4. The van der Waals surface area contributed by atoms with Gasteiger partial charge in [-0.05, 0) is 54.5 Å². The van der Waals surface area contributed by atoms with Crippen molar-refractivity contribution < 1.29 is 4.79 Å². The Kier molecular flexibility index (Phi) is 4.20. The topological polar surface area (TPSA) is 42.0 Å². The summed E-state index contributed by atoms with van der Waals surface area (Å²) in [6, 6.07) is 7.39. The van der Waals surface area contributed by atoms with E-state index in [0.29, 0.717) is 11.4 Å². The fourth-order valence-electron chi connectivity index (χ4n) is 2.79. The summed E-state index contributed by atoms with van der Waals surface area (Å²) in [6.07, 6.45) is 8.44. The monoisotopic (exact) mass is 300 g/mol. The number of carbonyl (C=O) groups is 1. The van der Waals surface area contributed by atoms with Gasteiger partial charge in [-0.25, -0.2) is 0 Å². The number of halogens is 1. The van der Waals surface area contributed by atoms with Crippen molar-refractivity contribution in [2.75, 3.05) is 5.32 Å². The maximum Gasteiger partial charge on any atom is 0.228 e. The van der Waals surface area contributed by atoms with E-state index in [9.17, 15) is 4.79 Å². The number of aryl methyl sites for hydroxylation is 1. The van der Waals surface area contributed by atoms with Gasteiger partial charge in [0.25, 0.3) is 0 Å². The van der Waals surface area contributed by atoms with Crippen molar-refractivity contribution >= 4 is 23.2 Å². The quantitative estimate of drug-likeness (QED) is 0.937.